The summed E-state index contributed by atoms with van der Waals surface area (Å²) >= 11 is 0. The maximum atomic E-state index is 13.0. The van der Waals surface area contributed by atoms with Crippen molar-refractivity contribution in [2.24, 2.45) is 0 Å². The molecule has 0 saturated carbocycles. The molecular weight excluding hydrogens is 297 g/mol. The molecule has 2 aliphatic heterocycles. The molecule has 1 unspecified atom stereocenters. The number of hydrogen-bond acceptors (Lipinski definition) is 6. The third kappa shape index (κ3) is 2.52. The summed E-state index contributed by atoms with van der Waals surface area (Å²) in [4.78, 5) is 12.6. The number of benzene rings is 1. The van der Waals surface area contributed by atoms with Crippen molar-refractivity contribution in [2.75, 3.05) is 48.4 Å². The van der Waals surface area contributed by atoms with E-state index in [9.17, 15) is 4.39 Å². The van der Waals surface area contributed by atoms with Crippen LogP contribution in [-0.4, -0.2) is 49.3 Å². The van der Waals surface area contributed by atoms with Crippen LogP contribution in [0.1, 0.15) is 0 Å². The lowest BCUT2D eigenvalue weighted by Crippen LogP contribution is -2.57. The normalized spacial score (nSPS) is 19.7. The van der Waals surface area contributed by atoms with Crippen molar-refractivity contribution in [2.45, 2.75) is 6.04 Å². The van der Waals surface area contributed by atoms with E-state index in [1.807, 2.05) is 13.1 Å². The van der Waals surface area contributed by atoms with Crippen molar-refractivity contribution in [3.05, 3.63) is 36.4 Å². The van der Waals surface area contributed by atoms with Gasteiger partial charge >= 0.3 is 0 Å². The van der Waals surface area contributed by atoms with Crippen molar-refractivity contribution in [1.29, 1.82) is 0 Å². The van der Waals surface area contributed by atoms with Gasteiger partial charge in [0.25, 0.3) is 0 Å². The minimum Gasteiger partial charge on any atom is -0.489 e. The summed E-state index contributed by atoms with van der Waals surface area (Å²) in [6.07, 6.45) is 2.42. The molecule has 0 spiro atoms. The number of anilines is 3. The molecule has 0 radical (unpaired) electrons. The molecule has 4 rings (SSSR count). The maximum Gasteiger partial charge on any atom is 0.225 e. The van der Waals surface area contributed by atoms with Crippen molar-refractivity contribution < 1.29 is 9.13 Å². The first kappa shape index (κ1) is 14.0. The van der Waals surface area contributed by atoms with Crippen molar-refractivity contribution in [3.63, 3.8) is 0 Å². The molecule has 6 nitrogen and oxygen atoms in total. The monoisotopic (exact) mass is 315 g/mol. The lowest BCUT2D eigenvalue weighted by Gasteiger charge is -2.45. The largest absolute Gasteiger partial charge is 0.489 e. The van der Waals surface area contributed by atoms with Gasteiger partial charge in [-0.3, -0.25) is 0 Å². The second-order valence-corrected chi connectivity index (χ2v) is 5.74. The van der Waals surface area contributed by atoms with E-state index in [1.54, 1.807) is 0 Å². The minimum atomic E-state index is -0.414. The van der Waals surface area contributed by atoms with Crippen molar-refractivity contribution in [3.8, 4) is 5.75 Å². The van der Waals surface area contributed by atoms with E-state index >= 15 is 0 Å². The second-order valence-electron chi connectivity index (χ2n) is 5.74. The van der Waals surface area contributed by atoms with Crippen LogP contribution in [0.5, 0.6) is 5.75 Å². The highest BCUT2D eigenvalue weighted by atomic mass is 19.1. The zero-order valence-electron chi connectivity index (χ0n) is 12.9. The summed E-state index contributed by atoms with van der Waals surface area (Å²) in [5.41, 5.74) is 2.17. The molecule has 0 amide bonds. The van der Waals surface area contributed by atoms with Crippen molar-refractivity contribution >= 4 is 17.3 Å². The van der Waals surface area contributed by atoms with Crippen molar-refractivity contribution in [1.82, 2.24) is 9.97 Å². The van der Waals surface area contributed by atoms with E-state index in [1.165, 1.54) is 12.4 Å². The molecule has 2 aromatic rings. The third-order valence-corrected chi connectivity index (χ3v) is 4.36. The van der Waals surface area contributed by atoms with Gasteiger partial charge in [0.1, 0.15) is 12.4 Å². The zero-order chi connectivity index (χ0) is 15.8. The predicted octanol–water partition coefficient (Wildman–Crippen LogP) is 1.74. The lowest BCUT2D eigenvalue weighted by atomic mass is 10.1. The van der Waals surface area contributed by atoms with E-state index in [0.29, 0.717) is 12.6 Å². The molecule has 3 heterocycles. The van der Waals surface area contributed by atoms with Crippen LogP contribution in [0, 0.1) is 5.82 Å². The smallest absolute Gasteiger partial charge is 0.225 e. The Morgan fingerprint density at radius 2 is 2.09 bits per heavy atom. The maximum absolute atomic E-state index is 13.0. The lowest BCUT2D eigenvalue weighted by molar-refractivity contribution is 0.254. The second kappa shape index (κ2) is 5.57. The number of piperazine rings is 1. The van der Waals surface area contributed by atoms with E-state index in [-0.39, 0.29) is 6.04 Å². The Hall–Kier alpha value is -2.57. The molecule has 1 aromatic carbocycles. The molecule has 1 atom stereocenters. The number of fused-ring (bicyclic) bond motifs is 3. The minimum absolute atomic E-state index is 0.241. The summed E-state index contributed by atoms with van der Waals surface area (Å²) in [6, 6.07) is 6.42. The molecule has 120 valence electrons. The molecule has 1 aromatic heterocycles. The average Bonchev–Trinajstić information content (AvgIpc) is 2.61. The summed E-state index contributed by atoms with van der Waals surface area (Å²) < 4.78 is 18.9. The van der Waals surface area contributed by atoms with Crippen LogP contribution >= 0.6 is 0 Å². The Labute approximate surface area is 133 Å². The van der Waals surface area contributed by atoms with Gasteiger partial charge in [-0.15, -0.1) is 0 Å². The Morgan fingerprint density at radius 1 is 1.26 bits per heavy atom. The average molecular weight is 315 g/mol. The summed E-state index contributed by atoms with van der Waals surface area (Å²) in [7, 11) is 1.90. The van der Waals surface area contributed by atoms with Gasteiger partial charge in [0.2, 0.25) is 5.95 Å². The van der Waals surface area contributed by atoms with E-state index < -0.39 is 5.82 Å². The van der Waals surface area contributed by atoms with Gasteiger partial charge in [-0.2, -0.15) is 0 Å². The van der Waals surface area contributed by atoms with Gasteiger partial charge in [-0.05, 0) is 12.1 Å². The van der Waals surface area contributed by atoms with Crippen LogP contribution in [-0.2, 0) is 0 Å². The SMILES string of the molecule is CNc1ccc2c(c1)OCC1CN(c3ncc(F)cn3)CCN21. The van der Waals surface area contributed by atoms with E-state index in [2.05, 4.69) is 37.2 Å². The number of aromatic nitrogens is 2. The first-order valence-corrected chi connectivity index (χ1v) is 7.68. The van der Waals surface area contributed by atoms with Crippen LogP contribution in [0.4, 0.5) is 21.7 Å². The molecule has 7 heteroatoms. The first-order valence-electron chi connectivity index (χ1n) is 7.68. The van der Waals surface area contributed by atoms with Crippen LogP contribution in [0.3, 0.4) is 0 Å². The first-order chi connectivity index (χ1) is 11.2. The number of halogens is 1. The van der Waals surface area contributed by atoms with Gasteiger partial charge in [0.15, 0.2) is 5.82 Å². The molecule has 0 bridgehead atoms. The molecule has 1 fully saturated rings. The van der Waals surface area contributed by atoms with Crippen LogP contribution in [0.15, 0.2) is 30.6 Å². The van der Waals surface area contributed by atoms with Crippen LogP contribution < -0.4 is 19.9 Å². The van der Waals surface area contributed by atoms with Crippen LogP contribution in [0.2, 0.25) is 0 Å². The Bertz CT molecular complexity index is 708. The summed E-state index contributed by atoms with van der Waals surface area (Å²) in [6.45, 7) is 3.05. The Morgan fingerprint density at radius 3 is 2.87 bits per heavy atom. The number of rotatable bonds is 2. The van der Waals surface area contributed by atoms with Gasteiger partial charge in [-0.25, -0.2) is 14.4 Å². The number of hydrogen-bond donors (Lipinski definition) is 1. The topological polar surface area (TPSA) is 53.5 Å². The molecule has 0 aliphatic carbocycles. The fraction of sp³-hybridized carbons (Fsp3) is 0.375. The highest BCUT2D eigenvalue weighted by molar-refractivity contribution is 5.67. The quantitative estimate of drug-likeness (QED) is 0.911. The predicted molar refractivity (Wildman–Crippen MR) is 86.8 cm³/mol. The van der Waals surface area contributed by atoms with E-state index in [4.69, 9.17) is 4.74 Å². The van der Waals surface area contributed by atoms with Gasteiger partial charge in [0, 0.05) is 38.4 Å². The van der Waals surface area contributed by atoms with Gasteiger partial charge < -0.3 is 19.9 Å². The summed E-state index contributed by atoms with van der Waals surface area (Å²) in [5, 5.41) is 3.13. The Balaban J connectivity index is 1.55. The molecule has 1 saturated heterocycles. The van der Waals surface area contributed by atoms with Gasteiger partial charge in [0.05, 0.1) is 24.1 Å². The van der Waals surface area contributed by atoms with Crippen LogP contribution in [0.25, 0.3) is 0 Å². The fourth-order valence-corrected chi connectivity index (χ4v) is 3.17. The highest BCUT2D eigenvalue weighted by Gasteiger charge is 2.33. The molecule has 23 heavy (non-hydrogen) atoms. The zero-order valence-corrected chi connectivity index (χ0v) is 12.9. The molecule has 2 aliphatic rings. The standard InChI is InChI=1S/C16H18FN5O/c1-18-12-2-3-14-15(6-12)23-10-13-9-21(4-5-22(13)14)16-19-7-11(17)8-20-16/h2-3,6-8,13,18H,4-5,9-10H2,1H3. The number of nitrogens with zero attached hydrogens (tertiary/aromatic N) is 4. The Kier molecular flexibility index (Phi) is 3.40. The number of nitrogens with one attached hydrogen (secondary N) is 1. The fourth-order valence-electron chi connectivity index (χ4n) is 3.17. The van der Waals surface area contributed by atoms with Gasteiger partial charge in [-0.1, -0.05) is 0 Å². The highest BCUT2D eigenvalue weighted by Crippen LogP contribution is 2.37. The molecular formula is C16H18FN5O. The van der Waals surface area contributed by atoms with E-state index in [0.717, 1.165) is 36.8 Å². The molecule has 1 N–H and O–H groups in total. The summed E-state index contributed by atoms with van der Waals surface area (Å²) in [5.74, 6) is 1.07. The number of ether oxygens (including phenoxy) is 1. The third-order valence-electron chi connectivity index (χ3n) is 4.36.